The van der Waals surface area contributed by atoms with Gasteiger partial charge in [-0.2, -0.15) is 5.10 Å². The minimum Gasteiger partial charge on any atom is -0.350 e. The van der Waals surface area contributed by atoms with Crippen LogP contribution in [0.3, 0.4) is 0 Å². The van der Waals surface area contributed by atoms with Crippen LogP contribution in [0.2, 0.25) is 0 Å². The highest BCUT2D eigenvalue weighted by Gasteiger charge is 2.41. The average Bonchev–Trinajstić information content (AvgIpc) is 3.22. The summed E-state index contributed by atoms with van der Waals surface area (Å²) in [7, 11) is -0.460. The molecule has 0 atom stereocenters. The van der Waals surface area contributed by atoms with Crippen molar-refractivity contribution < 1.29 is 13.2 Å². The minimum absolute atomic E-state index is 0.0716. The van der Waals surface area contributed by atoms with Gasteiger partial charge in [0.2, 0.25) is 15.9 Å². The first-order valence-corrected chi connectivity index (χ1v) is 10.3. The largest absolute Gasteiger partial charge is 0.350 e. The summed E-state index contributed by atoms with van der Waals surface area (Å²) in [5.41, 5.74) is 0.147. The second-order valence-electron chi connectivity index (χ2n) is 6.85. The van der Waals surface area contributed by atoms with Crippen molar-refractivity contribution in [3.05, 3.63) is 48.3 Å². The quantitative estimate of drug-likeness (QED) is 0.749. The van der Waals surface area contributed by atoms with Crippen LogP contribution in [-0.4, -0.2) is 55.6 Å². The van der Waals surface area contributed by atoms with Crippen LogP contribution in [0.1, 0.15) is 18.4 Å². The Labute approximate surface area is 159 Å². The van der Waals surface area contributed by atoms with Gasteiger partial charge in [-0.25, -0.2) is 12.7 Å². The smallest absolute Gasteiger partial charge is 0.248 e. The van der Waals surface area contributed by atoms with Crippen molar-refractivity contribution in [2.75, 3.05) is 27.2 Å². The fourth-order valence-electron chi connectivity index (χ4n) is 3.26. The first-order valence-electron chi connectivity index (χ1n) is 8.87. The number of hydrogen-bond donors (Lipinski definition) is 2. The highest BCUT2D eigenvalue weighted by molar-refractivity contribution is 7.89. The van der Waals surface area contributed by atoms with E-state index in [1.807, 2.05) is 12.3 Å². The van der Waals surface area contributed by atoms with Gasteiger partial charge >= 0.3 is 0 Å². The summed E-state index contributed by atoms with van der Waals surface area (Å²) >= 11 is 0. The van der Waals surface area contributed by atoms with E-state index in [1.165, 1.54) is 18.4 Å². The zero-order valence-electron chi connectivity index (χ0n) is 15.6. The van der Waals surface area contributed by atoms with Crippen molar-refractivity contribution in [2.45, 2.75) is 29.8 Å². The lowest BCUT2D eigenvalue weighted by atomic mass is 9.87. The third-order valence-corrected chi connectivity index (χ3v) is 6.78. The van der Waals surface area contributed by atoms with Crippen molar-refractivity contribution in [3.8, 4) is 0 Å². The van der Waals surface area contributed by atoms with Crippen LogP contribution in [-0.2, 0) is 26.9 Å². The second-order valence-corrected chi connectivity index (χ2v) is 9.00. The Hall–Kier alpha value is -2.23. The molecule has 2 aromatic rings. The summed E-state index contributed by atoms with van der Waals surface area (Å²) in [5, 5.41) is 10.6. The first kappa shape index (κ1) is 19.5. The SMILES string of the molecule is CN(C)S(=O)(=O)c1ccc(CNC(=O)C2(n3cccn3)CCNCC2)cc1. The van der Waals surface area contributed by atoms with Gasteiger partial charge in [0.1, 0.15) is 5.54 Å². The molecule has 1 saturated heterocycles. The molecule has 3 rings (SSSR count). The van der Waals surface area contributed by atoms with Crippen LogP contribution in [0.4, 0.5) is 0 Å². The van der Waals surface area contributed by atoms with Crippen molar-refractivity contribution in [1.29, 1.82) is 0 Å². The van der Waals surface area contributed by atoms with E-state index in [9.17, 15) is 13.2 Å². The lowest BCUT2D eigenvalue weighted by Gasteiger charge is -2.36. The molecule has 1 amide bonds. The number of carbonyl (C=O) groups is 1. The molecule has 0 spiro atoms. The Balaban J connectivity index is 1.71. The molecule has 9 heteroatoms. The summed E-state index contributed by atoms with van der Waals surface area (Å²) in [5.74, 6) is -0.0716. The molecule has 1 fully saturated rings. The standard InChI is InChI=1S/C18H25N5O3S/c1-22(2)27(25,26)16-6-4-15(5-7-16)14-20-17(24)18(8-11-19-12-9-18)23-13-3-10-21-23/h3-7,10,13,19H,8-9,11-12,14H2,1-2H3,(H,20,24). The molecule has 146 valence electrons. The highest BCUT2D eigenvalue weighted by atomic mass is 32.2. The van der Waals surface area contributed by atoms with Crippen molar-refractivity contribution in [1.82, 2.24) is 24.7 Å². The van der Waals surface area contributed by atoms with E-state index >= 15 is 0 Å². The van der Waals surface area contributed by atoms with Gasteiger partial charge in [0, 0.05) is 33.0 Å². The number of amides is 1. The van der Waals surface area contributed by atoms with E-state index in [2.05, 4.69) is 15.7 Å². The predicted molar refractivity (Wildman–Crippen MR) is 101 cm³/mol. The number of nitrogens with zero attached hydrogens (tertiary/aromatic N) is 3. The van der Waals surface area contributed by atoms with E-state index < -0.39 is 15.6 Å². The zero-order valence-corrected chi connectivity index (χ0v) is 16.4. The summed E-state index contributed by atoms with van der Waals surface area (Å²) in [6, 6.07) is 8.38. The molecule has 1 aromatic carbocycles. The number of piperidine rings is 1. The highest BCUT2D eigenvalue weighted by Crippen LogP contribution is 2.27. The van der Waals surface area contributed by atoms with Crippen LogP contribution >= 0.6 is 0 Å². The molecule has 0 aliphatic carbocycles. The fraction of sp³-hybridized carbons (Fsp3) is 0.444. The number of aromatic nitrogens is 2. The van der Waals surface area contributed by atoms with Gasteiger partial charge in [-0.15, -0.1) is 0 Å². The first-order chi connectivity index (χ1) is 12.9. The van der Waals surface area contributed by atoms with E-state index in [0.29, 0.717) is 19.4 Å². The molecule has 1 aliphatic rings. The number of carbonyl (C=O) groups excluding carboxylic acids is 1. The molecule has 2 N–H and O–H groups in total. The van der Waals surface area contributed by atoms with Crippen LogP contribution in [0, 0.1) is 0 Å². The molecular formula is C18H25N5O3S. The summed E-state index contributed by atoms with van der Waals surface area (Å²) in [4.78, 5) is 13.2. The Bertz CT molecular complexity index is 870. The van der Waals surface area contributed by atoms with Gasteiger partial charge < -0.3 is 10.6 Å². The monoisotopic (exact) mass is 391 g/mol. The van der Waals surface area contributed by atoms with E-state index in [4.69, 9.17) is 0 Å². The third-order valence-electron chi connectivity index (χ3n) is 4.95. The van der Waals surface area contributed by atoms with Crippen LogP contribution in [0.15, 0.2) is 47.6 Å². The van der Waals surface area contributed by atoms with Crippen molar-refractivity contribution >= 4 is 15.9 Å². The molecule has 1 aliphatic heterocycles. The third kappa shape index (κ3) is 3.90. The molecule has 0 unspecified atom stereocenters. The van der Waals surface area contributed by atoms with E-state index in [-0.39, 0.29) is 10.8 Å². The number of sulfonamides is 1. The minimum atomic E-state index is -3.45. The number of benzene rings is 1. The Kier molecular flexibility index (Phi) is 5.64. The van der Waals surface area contributed by atoms with Crippen LogP contribution in [0.5, 0.6) is 0 Å². The normalized spacial score (nSPS) is 17.0. The van der Waals surface area contributed by atoms with E-state index in [1.54, 1.807) is 35.1 Å². The topological polar surface area (TPSA) is 96.3 Å². The van der Waals surface area contributed by atoms with Crippen LogP contribution < -0.4 is 10.6 Å². The lowest BCUT2D eigenvalue weighted by molar-refractivity contribution is -0.132. The van der Waals surface area contributed by atoms with Crippen LogP contribution in [0.25, 0.3) is 0 Å². The Morgan fingerprint density at radius 2 is 1.93 bits per heavy atom. The Morgan fingerprint density at radius 1 is 1.26 bits per heavy atom. The summed E-state index contributed by atoms with van der Waals surface area (Å²) in [6.45, 7) is 1.84. The molecule has 0 bridgehead atoms. The van der Waals surface area contributed by atoms with Gasteiger partial charge in [0.25, 0.3) is 0 Å². The maximum atomic E-state index is 13.0. The number of rotatable bonds is 6. The predicted octanol–water partition coefficient (Wildman–Crippen LogP) is 0.529. The molecule has 8 nitrogen and oxygen atoms in total. The molecule has 1 aromatic heterocycles. The summed E-state index contributed by atoms with van der Waals surface area (Å²) < 4.78 is 27.2. The van der Waals surface area contributed by atoms with Crippen molar-refractivity contribution in [2.24, 2.45) is 0 Å². The average molecular weight is 391 g/mol. The molecule has 27 heavy (non-hydrogen) atoms. The zero-order chi connectivity index (χ0) is 19.5. The Morgan fingerprint density at radius 3 is 2.48 bits per heavy atom. The molecular weight excluding hydrogens is 366 g/mol. The van der Waals surface area contributed by atoms with Crippen molar-refractivity contribution in [3.63, 3.8) is 0 Å². The molecule has 0 radical (unpaired) electrons. The lowest BCUT2D eigenvalue weighted by Crippen LogP contribution is -2.54. The maximum absolute atomic E-state index is 13.0. The number of hydrogen-bond acceptors (Lipinski definition) is 5. The molecule has 0 saturated carbocycles. The van der Waals surface area contributed by atoms with E-state index in [0.717, 1.165) is 18.7 Å². The van der Waals surface area contributed by atoms with Gasteiger partial charge in [-0.3, -0.25) is 9.48 Å². The van der Waals surface area contributed by atoms with Gasteiger partial charge in [-0.05, 0) is 49.7 Å². The van der Waals surface area contributed by atoms with Gasteiger partial charge in [0.05, 0.1) is 4.90 Å². The number of nitrogens with one attached hydrogen (secondary N) is 2. The fourth-order valence-corrected chi connectivity index (χ4v) is 4.16. The maximum Gasteiger partial charge on any atom is 0.248 e. The summed E-state index contributed by atoms with van der Waals surface area (Å²) in [6.07, 6.45) is 4.84. The van der Waals surface area contributed by atoms with Gasteiger partial charge in [0.15, 0.2) is 0 Å². The van der Waals surface area contributed by atoms with Gasteiger partial charge in [-0.1, -0.05) is 12.1 Å². The second kappa shape index (κ2) is 7.79. The molecule has 2 heterocycles.